The van der Waals surface area contributed by atoms with Crippen LogP contribution < -0.4 is 20.1 Å². The van der Waals surface area contributed by atoms with Gasteiger partial charge in [0.25, 0.3) is 0 Å². The van der Waals surface area contributed by atoms with Crippen molar-refractivity contribution in [1.82, 2.24) is 10.6 Å². The van der Waals surface area contributed by atoms with E-state index < -0.39 is 36.2 Å². The molecule has 11 nitrogen and oxygen atoms in total. The predicted molar refractivity (Wildman–Crippen MR) is 155 cm³/mol. The first-order valence-corrected chi connectivity index (χ1v) is 14.0. The molecule has 11 heteroatoms. The second-order valence-corrected chi connectivity index (χ2v) is 9.59. The third-order valence-corrected chi connectivity index (χ3v) is 6.54. The fourth-order valence-electron chi connectivity index (χ4n) is 4.42. The number of methoxy groups -OCH3 is 1. The molecule has 3 atom stereocenters. The Bertz CT molecular complexity index is 1340. The SMILES string of the molecule is CCOC(=O)[C@H]1Oc2cc(OCOCCOC)ccc2[C@@H]1NC(=O)[C@H](Cc1ccccc1)NC(=O)OCc1ccccc1. The maximum Gasteiger partial charge on any atom is 0.408 e. The van der Waals surface area contributed by atoms with E-state index in [1.54, 1.807) is 32.2 Å². The molecule has 1 aliphatic rings. The van der Waals surface area contributed by atoms with Crippen molar-refractivity contribution < 1.29 is 42.8 Å². The molecule has 3 aromatic carbocycles. The van der Waals surface area contributed by atoms with Crippen molar-refractivity contribution in [2.45, 2.75) is 38.1 Å². The van der Waals surface area contributed by atoms with E-state index in [1.807, 2.05) is 60.7 Å². The number of fused-ring (bicyclic) bond motifs is 1. The van der Waals surface area contributed by atoms with Gasteiger partial charge in [-0.25, -0.2) is 9.59 Å². The quantitative estimate of drug-likeness (QED) is 0.154. The monoisotopic (exact) mass is 592 g/mol. The maximum absolute atomic E-state index is 13.7. The van der Waals surface area contributed by atoms with E-state index in [9.17, 15) is 14.4 Å². The minimum atomic E-state index is -1.14. The van der Waals surface area contributed by atoms with Gasteiger partial charge in [0.1, 0.15) is 30.2 Å². The second-order valence-electron chi connectivity index (χ2n) is 9.59. The highest BCUT2D eigenvalue weighted by molar-refractivity contribution is 5.88. The smallest absolute Gasteiger partial charge is 0.408 e. The number of nitrogens with one attached hydrogen (secondary N) is 2. The van der Waals surface area contributed by atoms with Crippen LogP contribution in [-0.4, -0.2) is 63.8 Å². The van der Waals surface area contributed by atoms with E-state index in [4.69, 9.17) is 28.4 Å². The maximum atomic E-state index is 13.7. The third kappa shape index (κ3) is 9.19. The zero-order valence-corrected chi connectivity index (χ0v) is 24.2. The highest BCUT2D eigenvalue weighted by Gasteiger charge is 2.42. The zero-order chi connectivity index (χ0) is 30.4. The Kier molecular flexibility index (Phi) is 11.8. The van der Waals surface area contributed by atoms with Crippen LogP contribution in [0.25, 0.3) is 0 Å². The number of carbonyl (C=O) groups is 3. The number of ether oxygens (including phenoxy) is 6. The third-order valence-electron chi connectivity index (χ3n) is 6.54. The molecule has 0 bridgehead atoms. The van der Waals surface area contributed by atoms with Gasteiger partial charge < -0.3 is 39.1 Å². The van der Waals surface area contributed by atoms with Crippen molar-refractivity contribution in [3.05, 3.63) is 95.6 Å². The van der Waals surface area contributed by atoms with E-state index in [-0.39, 0.29) is 26.4 Å². The molecule has 0 radical (unpaired) electrons. The average molecular weight is 593 g/mol. The number of amides is 2. The molecule has 3 aromatic rings. The van der Waals surface area contributed by atoms with Crippen molar-refractivity contribution in [1.29, 1.82) is 0 Å². The minimum absolute atomic E-state index is 0.00315. The largest absolute Gasteiger partial charge is 0.476 e. The van der Waals surface area contributed by atoms with Crippen LogP contribution in [0.4, 0.5) is 4.79 Å². The Morgan fingerprint density at radius 1 is 0.907 bits per heavy atom. The highest BCUT2D eigenvalue weighted by atomic mass is 16.7. The van der Waals surface area contributed by atoms with E-state index in [1.165, 1.54) is 0 Å². The molecule has 0 unspecified atom stereocenters. The van der Waals surface area contributed by atoms with E-state index in [0.29, 0.717) is 30.3 Å². The summed E-state index contributed by atoms with van der Waals surface area (Å²) < 4.78 is 32.5. The summed E-state index contributed by atoms with van der Waals surface area (Å²) >= 11 is 0. The molecular formula is C32H36N2O9. The standard InChI is InChI=1S/C32H36N2O9/c1-3-40-31(36)29-28(25-15-14-24(19-27(25)43-29)42-21-39-17-16-38-2)34-30(35)26(18-22-10-6-4-7-11-22)33-32(37)41-20-23-12-8-5-9-13-23/h4-15,19,26,28-29H,3,16-18,20-21H2,1-2H3,(H,33,37)(H,34,35)/t26-,28-,29-/m0/s1. The van der Waals surface area contributed by atoms with Gasteiger partial charge in [-0.15, -0.1) is 0 Å². The minimum Gasteiger partial charge on any atom is -0.476 e. The van der Waals surface area contributed by atoms with Gasteiger partial charge in [0.05, 0.1) is 19.8 Å². The van der Waals surface area contributed by atoms with E-state index >= 15 is 0 Å². The number of rotatable bonds is 15. The highest BCUT2D eigenvalue weighted by Crippen LogP contribution is 2.39. The number of alkyl carbamates (subject to hydrolysis) is 1. The van der Waals surface area contributed by atoms with Crippen molar-refractivity contribution in [3.63, 3.8) is 0 Å². The van der Waals surface area contributed by atoms with Crippen molar-refractivity contribution in [3.8, 4) is 11.5 Å². The van der Waals surface area contributed by atoms with Crippen molar-refractivity contribution >= 4 is 18.0 Å². The summed E-state index contributed by atoms with van der Waals surface area (Å²) in [5.41, 5.74) is 2.19. The van der Waals surface area contributed by atoms with E-state index in [2.05, 4.69) is 10.6 Å². The lowest BCUT2D eigenvalue weighted by molar-refractivity contribution is -0.152. The molecule has 2 N–H and O–H groups in total. The number of benzene rings is 3. The molecule has 4 rings (SSSR count). The van der Waals surface area contributed by atoms with Gasteiger partial charge in [-0.1, -0.05) is 60.7 Å². The summed E-state index contributed by atoms with van der Waals surface area (Å²) in [6, 6.07) is 21.6. The Balaban J connectivity index is 1.49. The van der Waals surface area contributed by atoms with Crippen molar-refractivity contribution in [2.24, 2.45) is 0 Å². The first kappa shape index (κ1) is 31.3. The van der Waals surface area contributed by atoms with E-state index in [0.717, 1.165) is 11.1 Å². The molecule has 0 spiro atoms. The molecule has 0 aromatic heterocycles. The van der Waals surface area contributed by atoms with Gasteiger partial charge >= 0.3 is 12.1 Å². The van der Waals surface area contributed by atoms with Gasteiger partial charge in [0, 0.05) is 25.2 Å². The van der Waals surface area contributed by atoms with Crippen LogP contribution in [-0.2, 0) is 41.6 Å². The summed E-state index contributed by atoms with van der Waals surface area (Å²) in [6.45, 7) is 2.66. The lowest BCUT2D eigenvalue weighted by Gasteiger charge is -2.23. The normalized spacial score (nSPS) is 15.9. The second kappa shape index (κ2) is 16.1. The summed E-state index contributed by atoms with van der Waals surface area (Å²) in [6.07, 6.45) is -1.71. The Labute approximate surface area is 250 Å². The lowest BCUT2D eigenvalue weighted by atomic mass is 10.0. The molecule has 43 heavy (non-hydrogen) atoms. The fraction of sp³-hybridized carbons (Fsp3) is 0.344. The van der Waals surface area contributed by atoms with Crippen LogP contribution in [0.3, 0.4) is 0 Å². The first-order valence-electron chi connectivity index (χ1n) is 14.0. The number of esters is 1. The van der Waals surface area contributed by atoms with Crippen LogP contribution in [0.1, 0.15) is 29.7 Å². The molecule has 1 aliphatic heterocycles. The number of hydrogen-bond acceptors (Lipinski definition) is 9. The van der Waals surface area contributed by atoms with Crippen LogP contribution in [0, 0.1) is 0 Å². The van der Waals surface area contributed by atoms with Crippen molar-refractivity contribution in [2.75, 3.05) is 33.7 Å². The molecule has 0 saturated heterocycles. The molecule has 0 aliphatic carbocycles. The van der Waals surface area contributed by atoms with Gasteiger partial charge in [-0.05, 0) is 30.2 Å². The molecule has 1 heterocycles. The van der Waals surface area contributed by atoms with Crippen LogP contribution >= 0.6 is 0 Å². The summed E-state index contributed by atoms with van der Waals surface area (Å²) in [4.78, 5) is 39.3. The molecule has 228 valence electrons. The van der Waals surface area contributed by atoms with Gasteiger partial charge in [0.15, 0.2) is 6.79 Å². The predicted octanol–water partition coefficient (Wildman–Crippen LogP) is 3.71. The summed E-state index contributed by atoms with van der Waals surface area (Å²) in [5, 5.41) is 5.57. The first-order chi connectivity index (χ1) is 21.0. The topological polar surface area (TPSA) is 131 Å². The molecule has 0 saturated carbocycles. The Morgan fingerprint density at radius 3 is 2.33 bits per heavy atom. The van der Waals surface area contributed by atoms with Crippen LogP contribution in [0.2, 0.25) is 0 Å². The van der Waals surface area contributed by atoms with Crippen LogP contribution in [0.15, 0.2) is 78.9 Å². The fourth-order valence-corrected chi connectivity index (χ4v) is 4.42. The zero-order valence-electron chi connectivity index (χ0n) is 24.2. The van der Waals surface area contributed by atoms with Gasteiger partial charge in [-0.3, -0.25) is 4.79 Å². The average Bonchev–Trinajstić information content (AvgIpc) is 3.38. The summed E-state index contributed by atoms with van der Waals surface area (Å²) in [7, 11) is 1.58. The molecule has 0 fully saturated rings. The van der Waals surface area contributed by atoms with Gasteiger partial charge in [0.2, 0.25) is 12.0 Å². The lowest BCUT2D eigenvalue weighted by Crippen LogP contribution is -2.51. The number of carbonyl (C=O) groups excluding carboxylic acids is 3. The molecular weight excluding hydrogens is 556 g/mol. The molecule has 2 amide bonds. The van der Waals surface area contributed by atoms with Gasteiger partial charge in [-0.2, -0.15) is 0 Å². The Morgan fingerprint density at radius 2 is 1.63 bits per heavy atom. The Hall–Kier alpha value is -4.61. The number of hydrogen-bond donors (Lipinski definition) is 2. The summed E-state index contributed by atoms with van der Waals surface area (Å²) in [5.74, 6) is -0.351. The van der Waals surface area contributed by atoms with Crippen LogP contribution in [0.5, 0.6) is 11.5 Å².